The molecule has 0 heterocycles. The van der Waals surface area contributed by atoms with Gasteiger partial charge in [-0.3, -0.25) is 0 Å². The highest BCUT2D eigenvalue weighted by molar-refractivity contribution is 6.54. The van der Waals surface area contributed by atoms with Gasteiger partial charge in [0.2, 0.25) is 0 Å². The lowest BCUT2D eigenvalue weighted by Crippen LogP contribution is -2.21. The van der Waals surface area contributed by atoms with Crippen LogP contribution in [0.5, 0.6) is 0 Å². The summed E-state index contributed by atoms with van der Waals surface area (Å²) in [6.07, 6.45) is 0. The summed E-state index contributed by atoms with van der Waals surface area (Å²) in [5, 5.41) is 0. The zero-order chi connectivity index (χ0) is 10.9. The van der Waals surface area contributed by atoms with Crippen LogP contribution in [-0.4, -0.2) is 7.28 Å². The number of hydrogen-bond donors (Lipinski definition) is 0. The highest BCUT2D eigenvalue weighted by Gasteiger charge is 2.21. The Hall–Kier alpha value is -0.455. The molecule has 0 N–H and O–H groups in total. The molecule has 0 aromatic carbocycles. The molecule has 13 heavy (non-hydrogen) atoms. The third-order valence-corrected chi connectivity index (χ3v) is 2.28. The molecule has 0 unspecified atom stereocenters. The summed E-state index contributed by atoms with van der Waals surface area (Å²) >= 11 is 0. The minimum absolute atomic E-state index is 0.147. The van der Waals surface area contributed by atoms with E-state index in [9.17, 15) is 0 Å². The zero-order valence-electron chi connectivity index (χ0n) is 9.99. The van der Waals surface area contributed by atoms with Crippen molar-refractivity contribution in [3.8, 4) is 0 Å². The van der Waals surface area contributed by atoms with Crippen LogP contribution in [0.1, 0.15) is 41.5 Å². The fourth-order valence-electron chi connectivity index (χ4n) is 0.643. The first-order chi connectivity index (χ1) is 5.55. The maximum atomic E-state index is 4.06. The van der Waals surface area contributed by atoms with Gasteiger partial charge in [-0.25, -0.2) is 0 Å². The van der Waals surface area contributed by atoms with Gasteiger partial charge in [0.25, 0.3) is 0 Å². The molecule has 0 rings (SSSR count). The maximum Gasteiger partial charge on any atom is 0.180 e. The van der Waals surface area contributed by atoms with Gasteiger partial charge in [0.1, 0.15) is 0 Å². The van der Waals surface area contributed by atoms with Crippen molar-refractivity contribution >= 4 is 7.28 Å². The van der Waals surface area contributed by atoms with E-state index in [1.54, 1.807) is 0 Å². The Morgan fingerprint density at radius 3 is 1.15 bits per heavy atom. The third-order valence-electron chi connectivity index (χ3n) is 2.28. The van der Waals surface area contributed by atoms with E-state index >= 15 is 0 Å². The van der Waals surface area contributed by atoms with Gasteiger partial charge >= 0.3 is 0 Å². The second-order valence-corrected chi connectivity index (χ2v) is 5.69. The van der Waals surface area contributed by atoms with Crippen LogP contribution in [0.3, 0.4) is 0 Å². The molecule has 1 radical (unpaired) electrons. The molecule has 0 aliphatic heterocycles. The molecule has 0 aliphatic carbocycles. The van der Waals surface area contributed by atoms with Crippen molar-refractivity contribution in [1.29, 1.82) is 0 Å². The Labute approximate surface area is 84.4 Å². The van der Waals surface area contributed by atoms with Gasteiger partial charge in [-0.2, -0.15) is 0 Å². The van der Waals surface area contributed by atoms with Crippen LogP contribution in [0, 0.1) is 10.8 Å². The SMILES string of the molecule is C=C([B]C(=C)C(C)(C)C)C(C)(C)C. The van der Waals surface area contributed by atoms with E-state index in [-0.39, 0.29) is 10.8 Å². The highest BCUT2D eigenvalue weighted by atomic mass is 14.2. The lowest BCUT2D eigenvalue weighted by atomic mass is 9.51. The Morgan fingerprint density at radius 1 is 0.769 bits per heavy atom. The van der Waals surface area contributed by atoms with Crippen molar-refractivity contribution in [1.82, 2.24) is 0 Å². The van der Waals surface area contributed by atoms with Crippen molar-refractivity contribution in [3.05, 3.63) is 24.1 Å². The van der Waals surface area contributed by atoms with Gasteiger partial charge in [-0.15, -0.1) is 24.1 Å². The molecule has 0 atom stereocenters. The average Bonchev–Trinajstić information content (AvgIpc) is 1.82. The predicted octanol–water partition coefficient (Wildman–Crippen LogP) is 3.81. The number of hydrogen-bond acceptors (Lipinski definition) is 0. The summed E-state index contributed by atoms with van der Waals surface area (Å²) in [4.78, 5) is 0. The minimum Gasteiger partial charge on any atom is -0.108 e. The predicted molar refractivity (Wildman–Crippen MR) is 62.9 cm³/mol. The molecule has 0 aromatic rings. The van der Waals surface area contributed by atoms with E-state index < -0.39 is 0 Å². The number of allylic oxidation sites excluding steroid dienone is 2. The summed E-state index contributed by atoms with van der Waals surface area (Å²) in [6.45, 7) is 21.1. The first-order valence-electron chi connectivity index (χ1n) is 4.78. The molecular weight excluding hydrogens is 155 g/mol. The topological polar surface area (TPSA) is 0 Å². The molecule has 0 aromatic heterocycles. The Balaban J connectivity index is 4.34. The third kappa shape index (κ3) is 4.35. The second-order valence-electron chi connectivity index (χ2n) is 5.69. The van der Waals surface area contributed by atoms with E-state index in [4.69, 9.17) is 0 Å². The summed E-state index contributed by atoms with van der Waals surface area (Å²) in [5.74, 6) is 0. The first-order valence-corrected chi connectivity index (χ1v) is 4.78. The van der Waals surface area contributed by atoms with Gasteiger partial charge < -0.3 is 0 Å². The molecule has 0 bridgehead atoms. The molecule has 1 heteroatoms. The lowest BCUT2D eigenvalue weighted by molar-refractivity contribution is 0.517. The molecule has 73 valence electrons. The molecule has 0 saturated heterocycles. The summed E-state index contributed by atoms with van der Waals surface area (Å²) in [7, 11) is 2.11. The molecule has 0 fully saturated rings. The molecule has 0 aliphatic rings. The van der Waals surface area contributed by atoms with E-state index in [0.717, 1.165) is 10.9 Å². The van der Waals surface area contributed by atoms with Crippen LogP contribution in [0.2, 0.25) is 0 Å². The van der Waals surface area contributed by atoms with Crippen LogP contribution in [-0.2, 0) is 0 Å². The van der Waals surface area contributed by atoms with Crippen LogP contribution < -0.4 is 0 Å². The van der Waals surface area contributed by atoms with Crippen molar-refractivity contribution in [2.24, 2.45) is 10.8 Å². The number of rotatable bonds is 2. The van der Waals surface area contributed by atoms with Crippen LogP contribution in [0.4, 0.5) is 0 Å². The monoisotopic (exact) mass is 177 g/mol. The van der Waals surface area contributed by atoms with Gasteiger partial charge in [0.15, 0.2) is 7.28 Å². The highest BCUT2D eigenvalue weighted by Crippen LogP contribution is 2.29. The first kappa shape index (κ1) is 12.5. The van der Waals surface area contributed by atoms with Crippen molar-refractivity contribution in [2.45, 2.75) is 41.5 Å². The van der Waals surface area contributed by atoms with E-state index in [1.807, 2.05) is 0 Å². The van der Waals surface area contributed by atoms with Gasteiger partial charge in [0, 0.05) is 0 Å². The van der Waals surface area contributed by atoms with E-state index in [2.05, 4.69) is 62.0 Å². The molecule has 0 amide bonds. The average molecular weight is 177 g/mol. The van der Waals surface area contributed by atoms with Crippen molar-refractivity contribution in [3.63, 3.8) is 0 Å². The summed E-state index contributed by atoms with van der Waals surface area (Å²) in [5.41, 5.74) is 2.59. The fraction of sp³-hybridized carbons (Fsp3) is 0.667. The smallest absolute Gasteiger partial charge is 0.108 e. The quantitative estimate of drug-likeness (QED) is 0.562. The van der Waals surface area contributed by atoms with Gasteiger partial charge in [-0.1, -0.05) is 41.5 Å². The maximum absolute atomic E-state index is 4.06. The van der Waals surface area contributed by atoms with Crippen molar-refractivity contribution < 1.29 is 0 Å². The van der Waals surface area contributed by atoms with Crippen LogP contribution in [0.25, 0.3) is 0 Å². The summed E-state index contributed by atoms with van der Waals surface area (Å²) in [6, 6.07) is 0. The molecule has 0 spiro atoms. The van der Waals surface area contributed by atoms with Crippen LogP contribution in [0.15, 0.2) is 24.1 Å². The van der Waals surface area contributed by atoms with E-state index in [0.29, 0.717) is 0 Å². The molecule has 0 saturated carbocycles. The fourth-order valence-corrected chi connectivity index (χ4v) is 0.643. The van der Waals surface area contributed by atoms with Crippen LogP contribution >= 0.6 is 0 Å². The Kier molecular flexibility index (Phi) is 3.60. The molecule has 0 nitrogen and oxygen atoms in total. The Morgan fingerprint density at radius 2 is 1.00 bits per heavy atom. The van der Waals surface area contributed by atoms with Gasteiger partial charge in [0.05, 0.1) is 0 Å². The second kappa shape index (κ2) is 3.73. The normalized spacial score (nSPS) is 12.5. The van der Waals surface area contributed by atoms with Gasteiger partial charge in [-0.05, 0) is 10.8 Å². The van der Waals surface area contributed by atoms with E-state index in [1.165, 1.54) is 0 Å². The summed E-state index contributed by atoms with van der Waals surface area (Å²) < 4.78 is 0. The molecular formula is C12H22B. The minimum atomic E-state index is 0.147. The Bertz CT molecular complexity index is 186. The lowest BCUT2D eigenvalue weighted by Gasteiger charge is -2.27. The standard InChI is InChI=1S/C12H22B/c1-9(11(3,4)5)13-10(2)12(6,7)8/h1-2H2,3-8H3. The largest absolute Gasteiger partial charge is 0.180 e. The van der Waals surface area contributed by atoms with Crippen molar-refractivity contribution in [2.75, 3.05) is 0 Å². The zero-order valence-corrected chi connectivity index (χ0v) is 9.99.